The van der Waals surface area contributed by atoms with Crippen molar-refractivity contribution in [2.45, 2.75) is 13.0 Å². The van der Waals surface area contributed by atoms with Crippen LogP contribution in [0.4, 0.5) is 0 Å². The van der Waals surface area contributed by atoms with Crippen LogP contribution in [-0.2, 0) is 11.3 Å². The van der Waals surface area contributed by atoms with Crippen LogP contribution in [0.15, 0.2) is 54.0 Å². The van der Waals surface area contributed by atoms with E-state index < -0.39 is 0 Å². The van der Waals surface area contributed by atoms with E-state index in [0.29, 0.717) is 23.7 Å². The van der Waals surface area contributed by atoms with Crippen molar-refractivity contribution in [3.8, 4) is 21.3 Å². The number of thiazole rings is 1. The Morgan fingerprint density at radius 1 is 1.15 bits per heavy atom. The minimum Gasteiger partial charge on any atom is -0.461 e. The smallest absolute Gasteiger partial charge is 0.349 e. The van der Waals surface area contributed by atoms with E-state index in [1.54, 1.807) is 17.5 Å². The maximum absolute atomic E-state index is 12.1. The molecule has 1 aromatic carbocycles. The molecule has 0 spiro atoms. The Hall–Kier alpha value is -2.91. The molecule has 0 N–H and O–H groups in total. The molecule has 0 fully saturated rings. The Balaban J connectivity index is 1.26. The van der Waals surface area contributed by atoms with Crippen molar-refractivity contribution >= 4 is 28.6 Å². The van der Waals surface area contributed by atoms with Gasteiger partial charge in [-0.25, -0.2) is 9.78 Å². The van der Waals surface area contributed by atoms with E-state index >= 15 is 0 Å². The Bertz CT molecular complexity index is 1010. The minimum absolute atomic E-state index is 0.285. The van der Waals surface area contributed by atoms with E-state index in [2.05, 4.69) is 20.4 Å². The molecule has 9 heteroatoms. The summed E-state index contributed by atoms with van der Waals surface area (Å²) >= 11 is 2.93. The van der Waals surface area contributed by atoms with Gasteiger partial charge in [0.25, 0.3) is 0 Å². The number of benzene rings is 1. The second kappa shape index (κ2) is 8.19. The van der Waals surface area contributed by atoms with Crippen molar-refractivity contribution in [2.24, 2.45) is 0 Å². The van der Waals surface area contributed by atoms with Crippen LogP contribution in [0.2, 0.25) is 0 Å². The second-order valence-electron chi connectivity index (χ2n) is 5.57. The minimum atomic E-state index is -0.355. The normalized spacial score (nSPS) is 10.8. The fourth-order valence-corrected chi connectivity index (χ4v) is 3.98. The van der Waals surface area contributed by atoms with Gasteiger partial charge < -0.3 is 4.74 Å². The topological polar surface area (TPSA) is 82.8 Å². The summed E-state index contributed by atoms with van der Waals surface area (Å²) < 4.78 is 5.32. The van der Waals surface area contributed by atoms with Gasteiger partial charge in [0, 0.05) is 12.0 Å². The molecule has 0 amide bonds. The molecule has 0 aliphatic rings. The largest absolute Gasteiger partial charge is 0.461 e. The molecule has 27 heavy (non-hydrogen) atoms. The number of ether oxygens (including phenoxy) is 1. The van der Waals surface area contributed by atoms with E-state index in [1.807, 2.05) is 47.8 Å². The Labute approximate surface area is 163 Å². The fourth-order valence-electron chi connectivity index (χ4n) is 2.37. The third-order valence-corrected chi connectivity index (χ3v) is 5.68. The van der Waals surface area contributed by atoms with E-state index in [4.69, 9.17) is 4.74 Å². The highest BCUT2D eigenvalue weighted by Crippen LogP contribution is 2.29. The van der Waals surface area contributed by atoms with Crippen LogP contribution < -0.4 is 0 Å². The van der Waals surface area contributed by atoms with Gasteiger partial charge in [0.1, 0.15) is 9.88 Å². The molecular weight excluding hydrogens is 382 g/mol. The second-order valence-corrected chi connectivity index (χ2v) is 7.55. The molecular formula is C18H15N5O2S2. The highest BCUT2D eigenvalue weighted by molar-refractivity contribution is 7.21. The number of carbonyl (C=O) groups excluding carboxylic acids is 1. The first-order valence-corrected chi connectivity index (χ1v) is 9.99. The Morgan fingerprint density at radius 2 is 2.04 bits per heavy atom. The van der Waals surface area contributed by atoms with Gasteiger partial charge in [0.05, 0.1) is 24.2 Å². The van der Waals surface area contributed by atoms with Crippen LogP contribution in [0.3, 0.4) is 0 Å². The van der Waals surface area contributed by atoms with Gasteiger partial charge in [0.15, 0.2) is 0 Å². The van der Waals surface area contributed by atoms with Gasteiger partial charge in [-0.05, 0) is 16.7 Å². The molecule has 0 atom stereocenters. The van der Waals surface area contributed by atoms with E-state index in [9.17, 15) is 4.79 Å². The quantitative estimate of drug-likeness (QED) is 0.349. The van der Waals surface area contributed by atoms with Crippen molar-refractivity contribution in [3.63, 3.8) is 0 Å². The van der Waals surface area contributed by atoms with Crippen LogP contribution in [0.1, 0.15) is 16.1 Å². The monoisotopic (exact) mass is 397 g/mol. The summed E-state index contributed by atoms with van der Waals surface area (Å²) in [7, 11) is 0. The highest BCUT2D eigenvalue weighted by Gasteiger charge is 2.13. The van der Waals surface area contributed by atoms with E-state index in [0.717, 1.165) is 15.4 Å². The summed E-state index contributed by atoms with van der Waals surface area (Å²) in [4.78, 5) is 19.5. The predicted molar refractivity (Wildman–Crippen MR) is 104 cm³/mol. The molecule has 0 aliphatic carbocycles. The fraction of sp³-hybridized carbons (Fsp3) is 0.167. The molecule has 0 unspecified atom stereocenters. The molecule has 3 aromatic heterocycles. The average molecular weight is 397 g/mol. The lowest BCUT2D eigenvalue weighted by Crippen LogP contribution is -2.09. The predicted octanol–water partition coefficient (Wildman–Crippen LogP) is 3.77. The lowest BCUT2D eigenvalue weighted by molar-refractivity contribution is 0.0499. The summed E-state index contributed by atoms with van der Waals surface area (Å²) in [6.07, 6.45) is 2.17. The van der Waals surface area contributed by atoms with Crippen molar-refractivity contribution in [3.05, 3.63) is 58.9 Å². The molecule has 0 saturated carbocycles. The van der Waals surface area contributed by atoms with E-state index in [1.165, 1.54) is 16.1 Å². The van der Waals surface area contributed by atoms with Gasteiger partial charge in [-0.3, -0.25) is 0 Å². The molecule has 4 aromatic rings. The third-order valence-electron chi connectivity index (χ3n) is 3.66. The van der Waals surface area contributed by atoms with Crippen LogP contribution in [0.5, 0.6) is 0 Å². The number of hydrogen-bond acceptors (Lipinski definition) is 8. The Morgan fingerprint density at radius 3 is 2.85 bits per heavy atom. The van der Waals surface area contributed by atoms with Crippen molar-refractivity contribution in [2.75, 3.05) is 6.61 Å². The number of thiophene rings is 1. The van der Waals surface area contributed by atoms with Gasteiger partial charge in [-0.1, -0.05) is 36.4 Å². The van der Waals surface area contributed by atoms with E-state index in [-0.39, 0.29) is 12.6 Å². The van der Waals surface area contributed by atoms with Crippen LogP contribution >= 0.6 is 22.7 Å². The standard InChI is InChI=1S/C18H15N5O2S2/c24-18(15-12-19-17(27-15)14-8-4-11-26-14)25-10-5-9-23-21-16(20-22-23)13-6-2-1-3-7-13/h1-4,6-8,11-12H,5,9-10H2. The third kappa shape index (κ3) is 4.26. The summed E-state index contributed by atoms with van der Waals surface area (Å²) in [5.74, 6) is 0.227. The zero-order valence-corrected chi connectivity index (χ0v) is 15.8. The van der Waals surface area contributed by atoms with Gasteiger partial charge in [-0.2, -0.15) is 4.80 Å². The molecule has 3 heterocycles. The number of tetrazole rings is 1. The molecule has 136 valence electrons. The lowest BCUT2D eigenvalue weighted by Gasteiger charge is -2.02. The summed E-state index contributed by atoms with van der Waals surface area (Å²) in [6, 6.07) is 13.6. The number of aromatic nitrogens is 5. The zero-order chi connectivity index (χ0) is 18.5. The van der Waals surface area contributed by atoms with Crippen molar-refractivity contribution in [1.82, 2.24) is 25.2 Å². The molecule has 0 bridgehead atoms. The van der Waals surface area contributed by atoms with Crippen LogP contribution in [0, 0.1) is 0 Å². The number of esters is 1. The first kappa shape index (κ1) is 17.5. The molecule has 0 saturated heterocycles. The van der Waals surface area contributed by atoms with Crippen molar-refractivity contribution < 1.29 is 9.53 Å². The number of carbonyl (C=O) groups is 1. The molecule has 7 nitrogen and oxygen atoms in total. The SMILES string of the molecule is O=C(OCCCn1nnc(-c2ccccc2)n1)c1cnc(-c2cccs2)s1. The Kier molecular flexibility index (Phi) is 5.31. The number of nitrogens with zero attached hydrogens (tertiary/aromatic N) is 5. The maximum Gasteiger partial charge on any atom is 0.349 e. The van der Waals surface area contributed by atoms with Gasteiger partial charge >= 0.3 is 5.97 Å². The van der Waals surface area contributed by atoms with Crippen LogP contribution in [-0.4, -0.2) is 37.8 Å². The molecule has 0 radical (unpaired) electrons. The number of hydrogen-bond donors (Lipinski definition) is 0. The summed E-state index contributed by atoms with van der Waals surface area (Å²) in [5.41, 5.74) is 0.918. The highest BCUT2D eigenvalue weighted by atomic mass is 32.1. The van der Waals surface area contributed by atoms with Crippen molar-refractivity contribution in [1.29, 1.82) is 0 Å². The van der Waals surface area contributed by atoms with Crippen LogP contribution in [0.25, 0.3) is 21.3 Å². The first-order chi connectivity index (χ1) is 13.3. The summed E-state index contributed by atoms with van der Waals surface area (Å²) in [5, 5.41) is 15.2. The average Bonchev–Trinajstić information content (AvgIpc) is 3.47. The van der Waals surface area contributed by atoms with Gasteiger partial charge in [0.2, 0.25) is 5.82 Å². The van der Waals surface area contributed by atoms with Gasteiger partial charge in [-0.15, -0.1) is 32.9 Å². The zero-order valence-electron chi connectivity index (χ0n) is 14.2. The summed E-state index contributed by atoms with van der Waals surface area (Å²) in [6.45, 7) is 0.809. The number of rotatable bonds is 7. The lowest BCUT2D eigenvalue weighted by atomic mass is 10.2. The molecule has 4 rings (SSSR count). The maximum atomic E-state index is 12.1. The molecule has 0 aliphatic heterocycles. The first-order valence-electron chi connectivity index (χ1n) is 8.29. The number of aryl methyl sites for hydroxylation is 1.